The third-order valence-corrected chi connectivity index (χ3v) is 8.36. The number of benzene rings is 2. The number of amides is 2. The molecule has 2 aromatic carbocycles. The van der Waals surface area contributed by atoms with Gasteiger partial charge in [-0.15, -0.1) is 0 Å². The van der Waals surface area contributed by atoms with Crippen LogP contribution in [0.4, 0.5) is 18.9 Å². The molecule has 0 bridgehead atoms. The highest BCUT2D eigenvalue weighted by atomic mass is 32.2. The number of nitrogens with zero attached hydrogens (tertiary/aromatic N) is 2. The Bertz CT molecular complexity index is 1280. The molecule has 220 valence electrons. The first kappa shape index (κ1) is 31.4. The van der Waals surface area contributed by atoms with E-state index in [9.17, 15) is 31.2 Å². The third kappa shape index (κ3) is 8.97. The van der Waals surface area contributed by atoms with Gasteiger partial charge in [0.2, 0.25) is 21.8 Å². The topological polar surface area (TPSA) is 86.8 Å². The molecule has 0 spiro atoms. The number of aryl methyl sites for hydroxylation is 1. The maximum atomic E-state index is 13.5. The van der Waals surface area contributed by atoms with Crippen molar-refractivity contribution in [1.82, 2.24) is 10.2 Å². The van der Waals surface area contributed by atoms with Gasteiger partial charge in [0, 0.05) is 25.6 Å². The minimum atomic E-state index is -4.63. The molecule has 1 aliphatic carbocycles. The number of halogens is 3. The predicted molar refractivity (Wildman–Crippen MR) is 149 cm³/mol. The molecule has 1 N–H and O–H groups in total. The Morgan fingerprint density at radius 1 is 1.05 bits per heavy atom. The van der Waals surface area contributed by atoms with Gasteiger partial charge in [0.25, 0.3) is 0 Å². The quantitative estimate of drug-likeness (QED) is 0.384. The zero-order valence-corrected chi connectivity index (χ0v) is 24.0. The largest absolute Gasteiger partial charge is 0.416 e. The second kappa shape index (κ2) is 13.5. The van der Waals surface area contributed by atoms with E-state index in [0.29, 0.717) is 0 Å². The highest BCUT2D eigenvalue weighted by molar-refractivity contribution is 7.92. The summed E-state index contributed by atoms with van der Waals surface area (Å²) in [7, 11) is -3.92. The fourth-order valence-electron chi connectivity index (χ4n) is 5.00. The van der Waals surface area contributed by atoms with Crippen molar-refractivity contribution in [2.75, 3.05) is 17.1 Å². The molecule has 40 heavy (non-hydrogen) atoms. The van der Waals surface area contributed by atoms with Gasteiger partial charge in [-0.25, -0.2) is 8.42 Å². The second-order valence-corrected chi connectivity index (χ2v) is 12.4. The van der Waals surface area contributed by atoms with Crippen molar-refractivity contribution < 1.29 is 31.2 Å². The summed E-state index contributed by atoms with van der Waals surface area (Å²) in [5.41, 5.74) is 0.778. The molecule has 2 amide bonds. The molecule has 1 atom stereocenters. The summed E-state index contributed by atoms with van der Waals surface area (Å²) in [5, 5.41) is 3.07. The lowest BCUT2D eigenvalue weighted by Gasteiger charge is -2.31. The average molecular weight is 582 g/mol. The lowest BCUT2D eigenvalue weighted by Crippen LogP contribution is -2.50. The summed E-state index contributed by atoms with van der Waals surface area (Å²) in [6, 6.07) is 11.0. The standard InChI is InChI=1S/C29H38F3N3O4S/c1-21-10-7-11-23(18-21)20-34(22(2)28(37)33-25-13-5-4-6-14-25)27(36)16-9-17-35(40(3,38)39)26-15-8-12-24(19-26)29(30,31)32/h7-8,10-12,15,18-19,22,25H,4-6,9,13-14,16-17,20H2,1-3H3,(H,33,37)/t22-/m0/s1. The number of carbonyl (C=O) groups is 2. The zero-order chi connectivity index (χ0) is 29.5. The summed E-state index contributed by atoms with van der Waals surface area (Å²) < 4.78 is 65.4. The van der Waals surface area contributed by atoms with Gasteiger partial charge >= 0.3 is 6.18 Å². The molecule has 1 saturated carbocycles. The molecule has 3 rings (SSSR count). The summed E-state index contributed by atoms with van der Waals surface area (Å²) in [6.07, 6.45) is 1.31. The second-order valence-electron chi connectivity index (χ2n) is 10.5. The Morgan fingerprint density at radius 2 is 1.73 bits per heavy atom. The van der Waals surface area contributed by atoms with E-state index in [1.807, 2.05) is 31.2 Å². The lowest BCUT2D eigenvalue weighted by molar-refractivity contribution is -0.141. The smallest absolute Gasteiger partial charge is 0.352 e. The molecular formula is C29H38F3N3O4S. The minimum Gasteiger partial charge on any atom is -0.352 e. The van der Waals surface area contributed by atoms with Crippen LogP contribution in [0.15, 0.2) is 48.5 Å². The predicted octanol–water partition coefficient (Wildman–Crippen LogP) is 5.43. The van der Waals surface area contributed by atoms with Crippen LogP contribution >= 0.6 is 0 Å². The summed E-state index contributed by atoms with van der Waals surface area (Å²) >= 11 is 0. The first-order chi connectivity index (χ1) is 18.8. The van der Waals surface area contributed by atoms with E-state index < -0.39 is 27.8 Å². The number of hydrogen-bond donors (Lipinski definition) is 1. The molecule has 0 aromatic heterocycles. The number of alkyl halides is 3. The van der Waals surface area contributed by atoms with E-state index in [2.05, 4.69) is 5.32 Å². The molecular weight excluding hydrogens is 543 g/mol. The van der Waals surface area contributed by atoms with E-state index in [0.717, 1.165) is 72.0 Å². The molecule has 0 saturated heterocycles. The van der Waals surface area contributed by atoms with E-state index in [1.165, 1.54) is 11.0 Å². The van der Waals surface area contributed by atoms with Crippen LogP contribution in [-0.4, -0.2) is 50.0 Å². The highest BCUT2D eigenvalue weighted by Gasteiger charge is 2.32. The monoisotopic (exact) mass is 581 g/mol. The molecule has 0 aliphatic heterocycles. The molecule has 1 fully saturated rings. The van der Waals surface area contributed by atoms with Crippen LogP contribution in [0, 0.1) is 6.92 Å². The summed E-state index contributed by atoms with van der Waals surface area (Å²) in [6.45, 7) is 3.62. The van der Waals surface area contributed by atoms with Gasteiger partial charge in [0.05, 0.1) is 17.5 Å². The van der Waals surface area contributed by atoms with Gasteiger partial charge in [-0.05, 0) is 56.9 Å². The van der Waals surface area contributed by atoms with Crippen LogP contribution in [0.2, 0.25) is 0 Å². The van der Waals surface area contributed by atoms with Crippen molar-refractivity contribution in [3.8, 4) is 0 Å². The highest BCUT2D eigenvalue weighted by Crippen LogP contribution is 2.32. The normalized spacial score (nSPS) is 15.3. The molecule has 7 nitrogen and oxygen atoms in total. The Balaban J connectivity index is 1.74. The maximum absolute atomic E-state index is 13.5. The fraction of sp³-hybridized carbons (Fsp3) is 0.517. The molecule has 2 aromatic rings. The first-order valence-corrected chi connectivity index (χ1v) is 15.4. The number of carbonyl (C=O) groups excluding carboxylic acids is 2. The van der Waals surface area contributed by atoms with Crippen LogP contribution in [0.1, 0.15) is 68.6 Å². The lowest BCUT2D eigenvalue weighted by atomic mass is 9.95. The van der Waals surface area contributed by atoms with Crippen LogP contribution in [0.5, 0.6) is 0 Å². The third-order valence-electron chi connectivity index (χ3n) is 7.17. The Morgan fingerprint density at radius 3 is 2.35 bits per heavy atom. The first-order valence-electron chi connectivity index (χ1n) is 13.6. The van der Waals surface area contributed by atoms with Gasteiger partial charge in [-0.2, -0.15) is 13.2 Å². The van der Waals surface area contributed by atoms with Crippen molar-refractivity contribution in [2.24, 2.45) is 0 Å². The molecule has 1 aliphatic rings. The molecule has 0 unspecified atom stereocenters. The number of nitrogens with one attached hydrogen (secondary N) is 1. The Kier molecular flexibility index (Phi) is 10.6. The van der Waals surface area contributed by atoms with E-state index >= 15 is 0 Å². The Labute approximate surface area is 234 Å². The Hall–Kier alpha value is -3.08. The number of sulfonamides is 1. The summed E-state index contributed by atoms with van der Waals surface area (Å²) in [5.74, 6) is -0.583. The average Bonchev–Trinajstić information content (AvgIpc) is 2.88. The van der Waals surface area contributed by atoms with Gasteiger partial charge in [0.1, 0.15) is 6.04 Å². The van der Waals surface area contributed by atoms with E-state index in [-0.39, 0.29) is 49.5 Å². The van der Waals surface area contributed by atoms with Gasteiger partial charge in [-0.3, -0.25) is 13.9 Å². The molecule has 11 heteroatoms. The van der Waals surface area contributed by atoms with Crippen LogP contribution in [0.3, 0.4) is 0 Å². The van der Waals surface area contributed by atoms with Crippen molar-refractivity contribution in [3.63, 3.8) is 0 Å². The number of hydrogen-bond acceptors (Lipinski definition) is 4. The van der Waals surface area contributed by atoms with E-state index in [4.69, 9.17) is 0 Å². The van der Waals surface area contributed by atoms with Gasteiger partial charge < -0.3 is 10.2 Å². The molecule has 0 heterocycles. The van der Waals surface area contributed by atoms with Crippen molar-refractivity contribution in [1.29, 1.82) is 0 Å². The SMILES string of the molecule is Cc1cccc(CN(C(=O)CCCN(c2cccc(C(F)(F)F)c2)S(C)(=O)=O)[C@@H](C)C(=O)NC2CCCCC2)c1. The van der Waals surface area contributed by atoms with Gasteiger partial charge in [-0.1, -0.05) is 55.2 Å². The van der Waals surface area contributed by atoms with Crippen molar-refractivity contribution >= 4 is 27.5 Å². The zero-order valence-electron chi connectivity index (χ0n) is 23.2. The van der Waals surface area contributed by atoms with Crippen LogP contribution in [-0.2, 0) is 32.3 Å². The summed E-state index contributed by atoms with van der Waals surface area (Å²) in [4.78, 5) is 28.1. The maximum Gasteiger partial charge on any atom is 0.416 e. The van der Waals surface area contributed by atoms with Gasteiger partial charge in [0.15, 0.2) is 0 Å². The van der Waals surface area contributed by atoms with Crippen LogP contribution in [0.25, 0.3) is 0 Å². The number of rotatable bonds is 11. The van der Waals surface area contributed by atoms with Crippen LogP contribution < -0.4 is 9.62 Å². The number of anilines is 1. The van der Waals surface area contributed by atoms with Crippen molar-refractivity contribution in [3.05, 3.63) is 65.2 Å². The van der Waals surface area contributed by atoms with E-state index in [1.54, 1.807) is 6.92 Å². The van der Waals surface area contributed by atoms with Crippen molar-refractivity contribution in [2.45, 2.75) is 83.6 Å². The molecule has 0 radical (unpaired) electrons. The minimum absolute atomic E-state index is 0.0590. The fourth-order valence-corrected chi connectivity index (χ4v) is 5.96.